The summed E-state index contributed by atoms with van der Waals surface area (Å²) >= 11 is 0. The molecule has 0 aromatic heterocycles. The lowest BCUT2D eigenvalue weighted by molar-refractivity contribution is 0.281. The van der Waals surface area contributed by atoms with Gasteiger partial charge >= 0.3 is 0 Å². The standard InChI is InChI=1S/C15H22FNO3S/c1-11(2)7-8-17(13-4-5-13)21(19,20)15-6-3-12(10-18)9-14(15)16/h3,6,9,11,13,18H,4-5,7-8,10H2,1-2H3. The van der Waals surface area contributed by atoms with Crippen molar-refractivity contribution in [1.82, 2.24) is 4.31 Å². The van der Waals surface area contributed by atoms with Gasteiger partial charge in [0.2, 0.25) is 10.0 Å². The fourth-order valence-corrected chi connectivity index (χ4v) is 3.97. The highest BCUT2D eigenvalue weighted by atomic mass is 32.2. The molecular weight excluding hydrogens is 293 g/mol. The van der Waals surface area contributed by atoms with Gasteiger partial charge in [-0.25, -0.2) is 12.8 Å². The highest BCUT2D eigenvalue weighted by Crippen LogP contribution is 2.33. The summed E-state index contributed by atoms with van der Waals surface area (Å²) in [5, 5.41) is 8.98. The first-order valence-corrected chi connectivity index (χ1v) is 8.71. The van der Waals surface area contributed by atoms with Gasteiger partial charge in [-0.2, -0.15) is 4.31 Å². The van der Waals surface area contributed by atoms with Crippen molar-refractivity contribution in [3.8, 4) is 0 Å². The van der Waals surface area contributed by atoms with Crippen molar-refractivity contribution in [3.63, 3.8) is 0 Å². The summed E-state index contributed by atoms with van der Waals surface area (Å²) in [4.78, 5) is -0.296. The van der Waals surface area contributed by atoms with Gasteiger partial charge in [-0.15, -0.1) is 0 Å². The van der Waals surface area contributed by atoms with Crippen LogP contribution in [0.2, 0.25) is 0 Å². The molecule has 0 bridgehead atoms. The number of benzene rings is 1. The van der Waals surface area contributed by atoms with E-state index in [0.29, 0.717) is 18.0 Å². The summed E-state index contributed by atoms with van der Waals surface area (Å²) in [6.07, 6.45) is 2.44. The lowest BCUT2D eigenvalue weighted by Gasteiger charge is -2.23. The van der Waals surface area contributed by atoms with E-state index in [9.17, 15) is 12.8 Å². The van der Waals surface area contributed by atoms with Crippen molar-refractivity contribution < 1.29 is 17.9 Å². The molecule has 2 rings (SSSR count). The summed E-state index contributed by atoms with van der Waals surface area (Å²) < 4.78 is 40.8. The second-order valence-electron chi connectivity index (χ2n) is 5.95. The SMILES string of the molecule is CC(C)CCN(C1CC1)S(=O)(=O)c1ccc(CO)cc1F. The molecule has 1 aromatic rings. The Morgan fingerprint density at radius 2 is 2.05 bits per heavy atom. The Bertz CT molecular complexity index is 597. The Kier molecular flexibility index (Phi) is 5.01. The van der Waals surface area contributed by atoms with Gasteiger partial charge in [0.25, 0.3) is 0 Å². The highest BCUT2D eigenvalue weighted by Gasteiger charge is 2.38. The molecule has 1 aliphatic carbocycles. The van der Waals surface area contributed by atoms with Crippen molar-refractivity contribution in [2.75, 3.05) is 6.54 Å². The third kappa shape index (κ3) is 3.81. The van der Waals surface area contributed by atoms with E-state index in [1.54, 1.807) is 0 Å². The molecule has 1 N–H and O–H groups in total. The topological polar surface area (TPSA) is 57.6 Å². The van der Waals surface area contributed by atoms with E-state index in [-0.39, 0.29) is 17.5 Å². The molecule has 118 valence electrons. The van der Waals surface area contributed by atoms with Crippen LogP contribution in [0.4, 0.5) is 4.39 Å². The van der Waals surface area contributed by atoms with E-state index < -0.39 is 15.8 Å². The van der Waals surface area contributed by atoms with E-state index in [2.05, 4.69) is 0 Å². The molecule has 0 aliphatic heterocycles. The van der Waals surface area contributed by atoms with Crippen LogP contribution in [-0.2, 0) is 16.6 Å². The minimum atomic E-state index is -3.81. The molecule has 1 aromatic carbocycles. The van der Waals surface area contributed by atoms with E-state index in [1.165, 1.54) is 16.4 Å². The monoisotopic (exact) mass is 315 g/mol. The summed E-state index contributed by atoms with van der Waals surface area (Å²) in [5.74, 6) is -0.403. The average Bonchev–Trinajstić information content (AvgIpc) is 3.22. The molecule has 0 radical (unpaired) electrons. The first kappa shape index (κ1) is 16.4. The van der Waals surface area contributed by atoms with Crippen LogP contribution < -0.4 is 0 Å². The third-order valence-corrected chi connectivity index (χ3v) is 5.63. The summed E-state index contributed by atoms with van der Waals surface area (Å²) in [7, 11) is -3.81. The number of halogens is 1. The molecule has 6 heteroatoms. The lowest BCUT2D eigenvalue weighted by atomic mass is 10.1. The van der Waals surface area contributed by atoms with E-state index in [1.807, 2.05) is 13.8 Å². The molecule has 0 spiro atoms. The zero-order chi connectivity index (χ0) is 15.6. The van der Waals surface area contributed by atoms with Crippen LogP contribution in [0.3, 0.4) is 0 Å². The second kappa shape index (κ2) is 6.42. The van der Waals surface area contributed by atoms with Crippen molar-refractivity contribution in [3.05, 3.63) is 29.6 Å². The first-order valence-electron chi connectivity index (χ1n) is 7.27. The number of sulfonamides is 1. The minimum absolute atomic E-state index is 0.00525. The highest BCUT2D eigenvalue weighted by molar-refractivity contribution is 7.89. The van der Waals surface area contributed by atoms with Crippen molar-refractivity contribution >= 4 is 10.0 Å². The van der Waals surface area contributed by atoms with Gasteiger partial charge in [-0.3, -0.25) is 0 Å². The molecule has 1 fully saturated rings. The van der Waals surface area contributed by atoms with Gasteiger partial charge in [-0.1, -0.05) is 19.9 Å². The molecular formula is C15H22FNO3S. The average molecular weight is 315 g/mol. The quantitative estimate of drug-likeness (QED) is 0.841. The molecule has 0 heterocycles. The smallest absolute Gasteiger partial charge is 0.246 e. The van der Waals surface area contributed by atoms with Gasteiger partial charge in [-0.05, 0) is 42.9 Å². The fraction of sp³-hybridized carbons (Fsp3) is 0.600. The molecule has 0 atom stereocenters. The Morgan fingerprint density at radius 3 is 2.52 bits per heavy atom. The molecule has 0 amide bonds. The fourth-order valence-electron chi connectivity index (χ4n) is 2.23. The maximum Gasteiger partial charge on any atom is 0.246 e. The van der Waals surface area contributed by atoms with Gasteiger partial charge in [0, 0.05) is 12.6 Å². The zero-order valence-corrected chi connectivity index (χ0v) is 13.2. The largest absolute Gasteiger partial charge is 0.392 e. The second-order valence-corrected chi connectivity index (χ2v) is 7.81. The number of aliphatic hydroxyl groups excluding tert-OH is 1. The van der Waals surface area contributed by atoms with Crippen LogP contribution in [0.25, 0.3) is 0 Å². The molecule has 1 aliphatic rings. The van der Waals surface area contributed by atoms with Gasteiger partial charge in [0.05, 0.1) is 6.61 Å². The number of hydrogen-bond donors (Lipinski definition) is 1. The van der Waals surface area contributed by atoms with Crippen LogP contribution in [0.1, 0.15) is 38.7 Å². The van der Waals surface area contributed by atoms with Crippen molar-refractivity contribution in [2.45, 2.75) is 50.7 Å². The predicted molar refractivity (Wildman–Crippen MR) is 78.7 cm³/mol. The van der Waals surface area contributed by atoms with Gasteiger partial charge in [0.15, 0.2) is 0 Å². The summed E-state index contributed by atoms with van der Waals surface area (Å²) in [5.41, 5.74) is 0.367. The van der Waals surface area contributed by atoms with E-state index in [4.69, 9.17) is 5.11 Å². The number of aliphatic hydroxyl groups is 1. The summed E-state index contributed by atoms with van der Waals surface area (Å²) in [6.45, 7) is 4.19. The molecule has 0 unspecified atom stereocenters. The third-order valence-electron chi connectivity index (χ3n) is 3.65. The van der Waals surface area contributed by atoms with Crippen LogP contribution in [0, 0.1) is 11.7 Å². The number of hydrogen-bond acceptors (Lipinski definition) is 3. The Balaban J connectivity index is 2.29. The Morgan fingerprint density at radius 1 is 1.38 bits per heavy atom. The normalized spacial score (nSPS) is 15.9. The van der Waals surface area contributed by atoms with Crippen LogP contribution >= 0.6 is 0 Å². The van der Waals surface area contributed by atoms with Crippen molar-refractivity contribution in [2.24, 2.45) is 5.92 Å². The Labute approximate surface area is 125 Å². The Hall–Kier alpha value is -0.980. The van der Waals surface area contributed by atoms with Gasteiger partial charge in [0.1, 0.15) is 10.7 Å². The van der Waals surface area contributed by atoms with E-state index >= 15 is 0 Å². The molecule has 4 nitrogen and oxygen atoms in total. The maximum absolute atomic E-state index is 14.1. The van der Waals surface area contributed by atoms with Crippen LogP contribution in [-0.4, -0.2) is 30.4 Å². The number of rotatable bonds is 7. The molecule has 0 saturated heterocycles. The minimum Gasteiger partial charge on any atom is -0.392 e. The zero-order valence-electron chi connectivity index (χ0n) is 12.4. The van der Waals surface area contributed by atoms with E-state index in [0.717, 1.165) is 25.3 Å². The van der Waals surface area contributed by atoms with Crippen LogP contribution in [0.5, 0.6) is 0 Å². The van der Waals surface area contributed by atoms with Crippen LogP contribution in [0.15, 0.2) is 23.1 Å². The number of nitrogens with zero attached hydrogens (tertiary/aromatic N) is 1. The van der Waals surface area contributed by atoms with Crippen molar-refractivity contribution in [1.29, 1.82) is 0 Å². The first-order chi connectivity index (χ1) is 9.86. The predicted octanol–water partition coefficient (Wildman–Crippen LogP) is 2.52. The molecule has 1 saturated carbocycles. The van der Waals surface area contributed by atoms with Gasteiger partial charge < -0.3 is 5.11 Å². The lowest BCUT2D eigenvalue weighted by Crippen LogP contribution is -2.35. The maximum atomic E-state index is 14.1. The molecule has 21 heavy (non-hydrogen) atoms. The summed E-state index contributed by atoms with van der Waals surface area (Å²) in [6, 6.07) is 3.79.